The molecule has 1 aliphatic rings. The third kappa shape index (κ3) is 4.32. The summed E-state index contributed by atoms with van der Waals surface area (Å²) in [5.74, 6) is 0. The van der Waals surface area contributed by atoms with Crippen LogP contribution in [0.4, 0.5) is 0 Å². The number of nitrogens with one attached hydrogen (secondary N) is 1. The first-order valence-corrected chi connectivity index (χ1v) is 7.68. The number of nitrogens with zero attached hydrogens (tertiary/aromatic N) is 1. The van der Waals surface area contributed by atoms with Gasteiger partial charge in [0, 0.05) is 12.1 Å². The highest BCUT2D eigenvalue weighted by Crippen LogP contribution is 2.13. The van der Waals surface area contributed by atoms with Crippen LogP contribution in [-0.2, 0) is 6.42 Å². The molecule has 0 atom stereocenters. The van der Waals surface area contributed by atoms with E-state index in [0.717, 1.165) is 19.0 Å². The Morgan fingerprint density at radius 3 is 2.53 bits per heavy atom. The van der Waals surface area contributed by atoms with Crippen LogP contribution in [0.15, 0.2) is 24.3 Å². The van der Waals surface area contributed by atoms with Gasteiger partial charge in [0.15, 0.2) is 0 Å². The van der Waals surface area contributed by atoms with Gasteiger partial charge in [0.2, 0.25) is 0 Å². The molecule has 2 rings (SSSR count). The van der Waals surface area contributed by atoms with E-state index in [1.54, 1.807) is 0 Å². The first-order valence-electron chi connectivity index (χ1n) is 7.68. The van der Waals surface area contributed by atoms with Gasteiger partial charge in [-0.25, -0.2) is 0 Å². The lowest BCUT2D eigenvalue weighted by Gasteiger charge is -2.35. The molecule has 0 saturated carbocycles. The predicted molar refractivity (Wildman–Crippen MR) is 82.6 cm³/mol. The molecule has 1 aliphatic heterocycles. The highest BCUT2D eigenvalue weighted by molar-refractivity contribution is 5.25. The minimum absolute atomic E-state index is 0.702. The second-order valence-corrected chi connectivity index (χ2v) is 6.03. The van der Waals surface area contributed by atoms with Gasteiger partial charge in [0.25, 0.3) is 0 Å². The molecular weight excluding hydrogens is 232 g/mol. The summed E-state index contributed by atoms with van der Waals surface area (Å²) in [6, 6.07) is 10.1. The molecule has 1 saturated heterocycles. The van der Waals surface area contributed by atoms with E-state index < -0.39 is 0 Å². The molecule has 1 N–H and O–H groups in total. The summed E-state index contributed by atoms with van der Waals surface area (Å²) in [5.41, 5.74) is 2.90. The van der Waals surface area contributed by atoms with Crippen molar-refractivity contribution in [2.24, 2.45) is 0 Å². The molecule has 19 heavy (non-hydrogen) atoms. The van der Waals surface area contributed by atoms with Crippen molar-refractivity contribution < 1.29 is 0 Å². The molecule has 0 radical (unpaired) electrons. The first kappa shape index (κ1) is 14.5. The molecular formula is C17H28N2. The van der Waals surface area contributed by atoms with E-state index in [0.29, 0.717) is 6.04 Å². The molecule has 0 aliphatic carbocycles. The maximum Gasteiger partial charge on any atom is 0.00915 e. The van der Waals surface area contributed by atoms with Crippen molar-refractivity contribution in [3.05, 3.63) is 35.4 Å². The van der Waals surface area contributed by atoms with Crippen LogP contribution in [0.25, 0.3) is 0 Å². The lowest BCUT2D eigenvalue weighted by molar-refractivity contribution is 0.161. The topological polar surface area (TPSA) is 15.3 Å². The van der Waals surface area contributed by atoms with Crippen LogP contribution in [0.5, 0.6) is 0 Å². The Morgan fingerprint density at radius 2 is 1.89 bits per heavy atom. The Labute approximate surface area is 118 Å². The maximum atomic E-state index is 3.73. The second-order valence-electron chi connectivity index (χ2n) is 6.03. The minimum atomic E-state index is 0.702. The molecule has 1 aromatic carbocycles. The second kappa shape index (κ2) is 7.06. The third-order valence-electron chi connectivity index (χ3n) is 4.35. The predicted octanol–water partition coefficient (Wildman–Crippen LogP) is 3.00. The van der Waals surface area contributed by atoms with Crippen LogP contribution >= 0.6 is 0 Å². The monoisotopic (exact) mass is 260 g/mol. The number of benzene rings is 1. The fraction of sp³-hybridized carbons (Fsp3) is 0.647. The Kier molecular flexibility index (Phi) is 5.41. The van der Waals surface area contributed by atoms with E-state index in [-0.39, 0.29) is 0 Å². The lowest BCUT2D eigenvalue weighted by Crippen LogP contribution is -2.45. The summed E-state index contributed by atoms with van der Waals surface area (Å²) >= 11 is 0. The Hall–Kier alpha value is -0.860. The van der Waals surface area contributed by atoms with E-state index in [2.05, 4.69) is 55.3 Å². The van der Waals surface area contributed by atoms with Gasteiger partial charge in [-0.1, -0.05) is 24.3 Å². The Morgan fingerprint density at radius 1 is 1.21 bits per heavy atom. The number of piperidine rings is 1. The van der Waals surface area contributed by atoms with E-state index in [1.807, 2.05) is 0 Å². The van der Waals surface area contributed by atoms with Crippen molar-refractivity contribution in [2.45, 2.75) is 52.1 Å². The number of likely N-dealkylation sites (tertiary alicyclic amines) is 1. The molecule has 1 aromatic rings. The third-order valence-corrected chi connectivity index (χ3v) is 4.35. The summed E-state index contributed by atoms with van der Waals surface area (Å²) in [6.07, 6.45) is 3.75. The largest absolute Gasteiger partial charge is 0.314 e. The molecule has 0 amide bonds. The number of hydrogen-bond acceptors (Lipinski definition) is 2. The van der Waals surface area contributed by atoms with E-state index in [9.17, 15) is 0 Å². The molecule has 2 heteroatoms. The van der Waals surface area contributed by atoms with Gasteiger partial charge in [-0.15, -0.1) is 0 Å². The molecule has 1 heterocycles. The molecule has 106 valence electrons. The zero-order valence-corrected chi connectivity index (χ0v) is 12.7. The van der Waals surface area contributed by atoms with Crippen molar-refractivity contribution >= 4 is 0 Å². The SMILES string of the molecule is Cc1ccccc1CCNC1CCN(C(C)C)CC1. The van der Waals surface area contributed by atoms with E-state index >= 15 is 0 Å². The maximum absolute atomic E-state index is 3.73. The number of rotatable bonds is 5. The van der Waals surface area contributed by atoms with Crippen molar-refractivity contribution in [3.8, 4) is 0 Å². The van der Waals surface area contributed by atoms with Gasteiger partial charge in [-0.2, -0.15) is 0 Å². The summed E-state index contributed by atoms with van der Waals surface area (Å²) in [7, 11) is 0. The smallest absolute Gasteiger partial charge is 0.00915 e. The average Bonchev–Trinajstić information content (AvgIpc) is 2.41. The summed E-state index contributed by atoms with van der Waals surface area (Å²) in [6.45, 7) is 10.4. The molecule has 0 bridgehead atoms. The molecule has 2 nitrogen and oxygen atoms in total. The summed E-state index contributed by atoms with van der Waals surface area (Å²) in [5, 5.41) is 3.73. The fourth-order valence-electron chi connectivity index (χ4n) is 2.92. The molecule has 0 aromatic heterocycles. The normalized spacial score (nSPS) is 18.1. The molecule has 1 fully saturated rings. The zero-order valence-electron chi connectivity index (χ0n) is 12.7. The highest BCUT2D eigenvalue weighted by Gasteiger charge is 2.19. The van der Waals surface area contributed by atoms with Crippen LogP contribution in [-0.4, -0.2) is 36.6 Å². The quantitative estimate of drug-likeness (QED) is 0.875. The highest BCUT2D eigenvalue weighted by atomic mass is 15.2. The molecule has 0 spiro atoms. The summed E-state index contributed by atoms with van der Waals surface area (Å²) in [4.78, 5) is 2.58. The van der Waals surface area contributed by atoms with Gasteiger partial charge in [0.05, 0.1) is 0 Å². The van der Waals surface area contributed by atoms with Crippen LogP contribution in [0.3, 0.4) is 0 Å². The number of aryl methyl sites for hydroxylation is 1. The van der Waals surface area contributed by atoms with E-state index in [4.69, 9.17) is 0 Å². The Bertz CT molecular complexity index is 379. The summed E-state index contributed by atoms with van der Waals surface area (Å²) < 4.78 is 0. The van der Waals surface area contributed by atoms with Crippen molar-refractivity contribution in [2.75, 3.05) is 19.6 Å². The van der Waals surface area contributed by atoms with Crippen LogP contribution in [0.2, 0.25) is 0 Å². The van der Waals surface area contributed by atoms with Gasteiger partial charge in [-0.05, 0) is 70.8 Å². The van der Waals surface area contributed by atoms with Gasteiger partial charge < -0.3 is 10.2 Å². The lowest BCUT2D eigenvalue weighted by atomic mass is 10.0. The van der Waals surface area contributed by atoms with E-state index in [1.165, 1.54) is 37.1 Å². The molecule has 0 unspecified atom stereocenters. The fourth-order valence-corrected chi connectivity index (χ4v) is 2.92. The van der Waals surface area contributed by atoms with Gasteiger partial charge >= 0.3 is 0 Å². The average molecular weight is 260 g/mol. The van der Waals surface area contributed by atoms with Crippen LogP contribution in [0.1, 0.15) is 37.8 Å². The van der Waals surface area contributed by atoms with Crippen LogP contribution in [0, 0.1) is 6.92 Å². The zero-order chi connectivity index (χ0) is 13.7. The number of hydrogen-bond donors (Lipinski definition) is 1. The van der Waals surface area contributed by atoms with Crippen molar-refractivity contribution in [1.29, 1.82) is 0 Å². The van der Waals surface area contributed by atoms with Gasteiger partial charge in [0.1, 0.15) is 0 Å². The first-order chi connectivity index (χ1) is 9.16. The van der Waals surface area contributed by atoms with Crippen molar-refractivity contribution in [1.82, 2.24) is 10.2 Å². The van der Waals surface area contributed by atoms with Crippen molar-refractivity contribution in [3.63, 3.8) is 0 Å². The standard InChI is InChI=1S/C17H28N2/c1-14(2)19-12-9-17(10-13-19)18-11-8-16-7-5-4-6-15(16)3/h4-7,14,17-18H,8-13H2,1-3H3. The Balaban J connectivity index is 1.69. The van der Waals surface area contributed by atoms with Crippen LogP contribution < -0.4 is 5.32 Å². The minimum Gasteiger partial charge on any atom is -0.314 e. The van der Waals surface area contributed by atoms with Gasteiger partial charge in [-0.3, -0.25) is 0 Å².